The summed E-state index contributed by atoms with van der Waals surface area (Å²) in [4.78, 5) is 2.24. The summed E-state index contributed by atoms with van der Waals surface area (Å²) in [5, 5.41) is 10.3. The van der Waals surface area contributed by atoms with Gasteiger partial charge in [0.1, 0.15) is 0 Å². The molecule has 23 heavy (non-hydrogen) atoms. The molecule has 2 heteroatoms. The monoisotopic (exact) mass is 309 g/mol. The Morgan fingerprint density at radius 1 is 1.00 bits per heavy atom. The van der Waals surface area contributed by atoms with Crippen LogP contribution in [0.2, 0.25) is 0 Å². The largest absolute Gasteiger partial charge is 0.387 e. The van der Waals surface area contributed by atoms with E-state index in [0.29, 0.717) is 6.54 Å². The van der Waals surface area contributed by atoms with Gasteiger partial charge in [0.2, 0.25) is 0 Å². The minimum absolute atomic E-state index is 0.411. The molecule has 122 valence electrons. The zero-order chi connectivity index (χ0) is 16.1. The van der Waals surface area contributed by atoms with Crippen molar-refractivity contribution in [3.05, 3.63) is 70.8 Å². The van der Waals surface area contributed by atoms with Gasteiger partial charge in [0.15, 0.2) is 0 Å². The molecule has 1 aliphatic carbocycles. The Bertz CT molecular complexity index is 623. The van der Waals surface area contributed by atoms with Gasteiger partial charge >= 0.3 is 0 Å². The van der Waals surface area contributed by atoms with Gasteiger partial charge in [-0.05, 0) is 61.4 Å². The predicted octanol–water partition coefficient (Wildman–Crippen LogP) is 3.77. The molecule has 0 saturated heterocycles. The Hall–Kier alpha value is -1.64. The van der Waals surface area contributed by atoms with E-state index in [1.807, 2.05) is 30.3 Å². The molecule has 0 bridgehead atoms. The second-order valence-corrected chi connectivity index (χ2v) is 6.70. The van der Waals surface area contributed by atoms with Crippen LogP contribution in [0, 0.1) is 0 Å². The maximum atomic E-state index is 10.3. The first kappa shape index (κ1) is 16.2. The molecule has 2 aromatic carbocycles. The lowest BCUT2D eigenvalue weighted by Crippen LogP contribution is -2.27. The molecular weight excluding hydrogens is 282 g/mol. The van der Waals surface area contributed by atoms with E-state index >= 15 is 0 Å². The zero-order valence-electron chi connectivity index (χ0n) is 14.0. The first-order valence-electron chi connectivity index (χ1n) is 8.75. The lowest BCUT2D eigenvalue weighted by molar-refractivity contribution is 0.127. The Morgan fingerprint density at radius 3 is 2.61 bits per heavy atom. The second kappa shape index (κ2) is 7.76. The van der Waals surface area contributed by atoms with Gasteiger partial charge < -0.3 is 10.0 Å². The maximum Gasteiger partial charge on any atom is 0.0916 e. The normalized spacial score (nSPS) is 15.4. The summed E-state index contributed by atoms with van der Waals surface area (Å²) < 4.78 is 0. The highest BCUT2D eigenvalue weighted by molar-refractivity contribution is 5.37. The maximum absolute atomic E-state index is 10.3. The van der Waals surface area contributed by atoms with Crippen LogP contribution in [0.4, 0.5) is 0 Å². The van der Waals surface area contributed by atoms with Crippen molar-refractivity contribution >= 4 is 0 Å². The average Bonchev–Trinajstić information content (AvgIpc) is 2.60. The van der Waals surface area contributed by atoms with E-state index in [9.17, 15) is 5.11 Å². The highest BCUT2D eigenvalue weighted by Gasteiger charge is 2.14. The average molecular weight is 309 g/mol. The summed E-state index contributed by atoms with van der Waals surface area (Å²) in [6.07, 6.45) is 5.80. The summed E-state index contributed by atoms with van der Waals surface area (Å²) in [5.41, 5.74) is 5.65. The van der Waals surface area contributed by atoms with Gasteiger partial charge in [-0.3, -0.25) is 0 Å². The van der Waals surface area contributed by atoms with Crippen molar-refractivity contribution < 1.29 is 5.11 Å². The van der Waals surface area contributed by atoms with E-state index in [-0.39, 0.29) is 0 Å². The molecule has 0 radical (unpaired) electrons. The molecule has 0 spiro atoms. The molecule has 1 atom stereocenters. The molecule has 0 heterocycles. The number of nitrogens with zero attached hydrogens (tertiary/aromatic N) is 1. The number of fused-ring (bicyclic) bond motifs is 1. The Labute approximate surface area is 139 Å². The second-order valence-electron chi connectivity index (χ2n) is 6.70. The van der Waals surface area contributed by atoms with Crippen LogP contribution >= 0.6 is 0 Å². The van der Waals surface area contributed by atoms with Gasteiger partial charge in [-0.2, -0.15) is 0 Å². The number of rotatable bonds is 6. The van der Waals surface area contributed by atoms with Crippen molar-refractivity contribution in [3.63, 3.8) is 0 Å². The fourth-order valence-corrected chi connectivity index (χ4v) is 3.57. The number of aliphatic hydroxyl groups excluding tert-OH is 1. The van der Waals surface area contributed by atoms with Crippen LogP contribution < -0.4 is 0 Å². The van der Waals surface area contributed by atoms with E-state index in [1.54, 1.807) is 11.1 Å². The molecule has 1 N–H and O–H groups in total. The van der Waals surface area contributed by atoms with E-state index in [1.165, 1.54) is 31.2 Å². The number of likely N-dealkylation sites (N-methyl/N-ethyl adjacent to an activating group) is 1. The minimum atomic E-state index is -0.411. The van der Waals surface area contributed by atoms with Crippen LogP contribution in [0.5, 0.6) is 0 Å². The van der Waals surface area contributed by atoms with Crippen LogP contribution in [0.25, 0.3) is 0 Å². The Morgan fingerprint density at radius 2 is 1.78 bits per heavy atom. The molecule has 0 fully saturated rings. The van der Waals surface area contributed by atoms with Gasteiger partial charge in [-0.15, -0.1) is 0 Å². The number of aryl methyl sites for hydroxylation is 1. The molecule has 0 saturated carbocycles. The summed E-state index contributed by atoms with van der Waals surface area (Å²) >= 11 is 0. The number of benzene rings is 2. The molecule has 1 aliphatic rings. The first-order valence-corrected chi connectivity index (χ1v) is 8.75. The van der Waals surface area contributed by atoms with Crippen LogP contribution in [0.15, 0.2) is 48.5 Å². The number of aliphatic hydroxyl groups is 1. The van der Waals surface area contributed by atoms with Crippen LogP contribution in [0.3, 0.4) is 0 Å². The van der Waals surface area contributed by atoms with Crippen molar-refractivity contribution in [1.82, 2.24) is 4.90 Å². The molecule has 1 unspecified atom stereocenters. The number of hydrogen-bond acceptors (Lipinski definition) is 2. The van der Waals surface area contributed by atoms with Gasteiger partial charge in [0, 0.05) is 13.1 Å². The molecule has 0 amide bonds. The third-order valence-corrected chi connectivity index (χ3v) is 4.92. The fourth-order valence-electron chi connectivity index (χ4n) is 3.57. The van der Waals surface area contributed by atoms with Crippen LogP contribution in [0.1, 0.15) is 41.2 Å². The highest BCUT2D eigenvalue weighted by Crippen LogP contribution is 2.25. The summed E-state index contributed by atoms with van der Waals surface area (Å²) in [6.45, 7) is 1.67. The van der Waals surface area contributed by atoms with Crippen LogP contribution in [-0.4, -0.2) is 30.1 Å². The first-order chi connectivity index (χ1) is 11.2. The van der Waals surface area contributed by atoms with Crippen molar-refractivity contribution in [1.29, 1.82) is 0 Å². The van der Waals surface area contributed by atoms with Crippen molar-refractivity contribution in [2.24, 2.45) is 0 Å². The topological polar surface area (TPSA) is 23.5 Å². The molecule has 3 rings (SSSR count). The molecule has 2 nitrogen and oxygen atoms in total. The lowest BCUT2D eigenvalue weighted by atomic mass is 9.87. The third-order valence-electron chi connectivity index (χ3n) is 4.92. The summed E-state index contributed by atoms with van der Waals surface area (Å²) in [7, 11) is 2.10. The van der Waals surface area contributed by atoms with E-state index in [4.69, 9.17) is 0 Å². The molecule has 2 aromatic rings. The van der Waals surface area contributed by atoms with Crippen LogP contribution in [-0.2, 0) is 19.3 Å². The smallest absolute Gasteiger partial charge is 0.0916 e. The fraction of sp³-hybridized carbons (Fsp3) is 0.429. The molecule has 0 aromatic heterocycles. The predicted molar refractivity (Wildman–Crippen MR) is 95.7 cm³/mol. The third kappa shape index (κ3) is 4.21. The van der Waals surface area contributed by atoms with E-state index in [0.717, 1.165) is 18.5 Å². The lowest BCUT2D eigenvalue weighted by Gasteiger charge is -2.23. The summed E-state index contributed by atoms with van der Waals surface area (Å²) in [6, 6.07) is 16.7. The minimum Gasteiger partial charge on any atom is -0.387 e. The van der Waals surface area contributed by atoms with E-state index in [2.05, 4.69) is 30.1 Å². The van der Waals surface area contributed by atoms with Gasteiger partial charge in [0.25, 0.3) is 0 Å². The van der Waals surface area contributed by atoms with Gasteiger partial charge in [-0.25, -0.2) is 0 Å². The summed E-state index contributed by atoms with van der Waals surface area (Å²) in [5.74, 6) is 0. The quantitative estimate of drug-likeness (QED) is 0.878. The number of hydrogen-bond donors (Lipinski definition) is 1. The van der Waals surface area contributed by atoms with Gasteiger partial charge in [-0.1, -0.05) is 48.5 Å². The van der Waals surface area contributed by atoms with E-state index < -0.39 is 6.10 Å². The highest BCUT2D eigenvalue weighted by atomic mass is 16.3. The van der Waals surface area contributed by atoms with Crippen molar-refractivity contribution in [2.75, 3.05) is 20.1 Å². The zero-order valence-corrected chi connectivity index (χ0v) is 14.0. The Kier molecular flexibility index (Phi) is 5.47. The van der Waals surface area contributed by atoms with Gasteiger partial charge in [0.05, 0.1) is 6.10 Å². The van der Waals surface area contributed by atoms with Crippen molar-refractivity contribution in [2.45, 2.75) is 38.2 Å². The van der Waals surface area contributed by atoms with Crippen molar-refractivity contribution in [3.8, 4) is 0 Å². The molecular formula is C21H27NO. The standard InChI is InChI=1S/C21H27NO/c1-22(16-21(23)19-9-3-2-4-10-19)15-14-18-12-7-11-17-8-5-6-13-20(17)18/h2-4,7,9-12,21,23H,5-6,8,13-16H2,1H3. The Balaban J connectivity index is 1.56. The SMILES string of the molecule is CN(CCc1cccc2c1CCCC2)CC(O)c1ccccc1. The molecule has 0 aliphatic heterocycles.